The van der Waals surface area contributed by atoms with E-state index in [1.54, 1.807) is 0 Å². The molecule has 0 heterocycles. The topological polar surface area (TPSA) is 96.9 Å². The maximum absolute atomic E-state index is 11.9. The molecule has 0 unspecified atom stereocenters. The molecule has 20 heavy (non-hydrogen) atoms. The number of quaternary nitrogens is 1. The van der Waals surface area contributed by atoms with Gasteiger partial charge in [0.1, 0.15) is 0 Å². The first-order valence-corrected chi connectivity index (χ1v) is 6.78. The molecule has 0 radical (unpaired) electrons. The molecule has 0 spiro atoms. The zero-order valence-corrected chi connectivity index (χ0v) is 12.0. The third-order valence-corrected chi connectivity index (χ3v) is 3.01. The fourth-order valence-corrected chi connectivity index (χ4v) is 2.01. The van der Waals surface area contributed by atoms with Crippen LogP contribution in [0.2, 0.25) is 0 Å². The number of benzene rings is 1. The predicted molar refractivity (Wildman–Crippen MR) is 73.2 cm³/mol. The molecular weight excluding hydrogens is 256 g/mol. The van der Waals surface area contributed by atoms with Gasteiger partial charge in [-0.25, -0.2) is 0 Å². The van der Waals surface area contributed by atoms with Crippen LogP contribution in [-0.4, -0.2) is 24.0 Å². The van der Waals surface area contributed by atoms with E-state index in [1.807, 2.05) is 44.2 Å². The van der Waals surface area contributed by atoms with Crippen LogP contribution in [0.4, 0.5) is 0 Å². The van der Waals surface area contributed by atoms with Gasteiger partial charge in [-0.1, -0.05) is 44.2 Å². The lowest BCUT2D eigenvalue weighted by Gasteiger charge is -2.21. The standard InChI is InChI=1S/C15H22N2O3/c1-10(2)8-12(16)14(18)17-13(15(19)20)9-11-6-4-3-5-7-11/h3-7,10,12-13H,8-9,16H2,1-2H3,(H,17,18)(H,19,20)/t12-,13+/m0/s1. The van der Waals surface area contributed by atoms with Crippen molar-refractivity contribution in [3.05, 3.63) is 35.9 Å². The van der Waals surface area contributed by atoms with Crippen molar-refractivity contribution in [1.82, 2.24) is 5.32 Å². The van der Waals surface area contributed by atoms with Gasteiger partial charge < -0.3 is 21.0 Å². The second kappa shape index (κ2) is 7.65. The molecule has 1 aromatic carbocycles. The first-order valence-electron chi connectivity index (χ1n) is 6.78. The SMILES string of the molecule is CC(C)C[C@H]([NH3+])C(=O)N[C@H](Cc1ccccc1)C(=O)[O-]. The van der Waals surface area contributed by atoms with Gasteiger partial charge in [-0.3, -0.25) is 4.79 Å². The molecule has 0 aliphatic heterocycles. The Balaban J connectivity index is 2.64. The molecule has 4 N–H and O–H groups in total. The number of aliphatic carboxylic acids is 1. The van der Waals surface area contributed by atoms with Crippen molar-refractivity contribution in [3.63, 3.8) is 0 Å². The summed E-state index contributed by atoms with van der Waals surface area (Å²) in [7, 11) is 0. The monoisotopic (exact) mass is 278 g/mol. The summed E-state index contributed by atoms with van der Waals surface area (Å²) in [5, 5.41) is 13.6. The van der Waals surface area contributed by atoms with Gasteiger partial charge in [0, 0.05) is 6.42 Å². The summed E-state index contributed by atoms with van der Waals surface area (Å²) in [6.07, 6.45) is 0.834. The lowest BCUT2D eigenvalue weighted by molar-refractivity contribution is -0.406. The molecule has 0 aliphatic carbocycles. The number of carboxylic acid groups (broad SMARTS) is 1. The molecule has 5 nitrogen and oxygen atoms in total. The summed E-state index contributed by atoms with van der Waals surface area (Å²) in [5.41, 5.74) is 4.61. The highest BCUT2D eigenvalue weighted by atomic mass is 16.4. The lowest BCUT2D eigenvalue weighted by atomic mass is 10.0. The van der Waals surface area contributed by atoms with Gasteiger partial charge in [0.25, 0.3) is 5.91 Å². The first kappa shape index (κ1) is 16.2. The van der Waals surface area contributed by atoms with E-state index in [1.165, 1.54) is 0 Å². The van der Waals surface area contributed by atoms with Crippen LogP contribution in [0, 0.1) is 5.92 Å². The van der Waals surface area contributed by atoms with Crippen molar-refractivity contribution in [2.24, 2.45) is 5.92 Å². The Morgan fingerprint density at radius 1 is 1.25 bits per heavy atom. The van der Waals surface area contributed by atoms with Crippen LogP contribution in [0.25, 0.3) is 0 Å². The Morgan fingerprint density at radius 3 is 2.35 bits per heavy atom. The van der Waals surface area contributed by atoms with E-state index in [9.17, 15) is 14.7 Å². The zero-order chi connectivity index (χ0) is 15.1. The molecular formula is C15H22N2O3. The number of carbonyl (C=O) groups excluding carboxylic acids is 2. The van der Waals surface area contributed by atoms with Gasteiger partial charge in [-0.05, 0) is 17.9 Å². The Bertz CT molecular complexity index is 446. The van der Waals surface area contributed by atoms with Crippen LogP contribution in [0.1, 0.15) is 25.8 Å². The summed E-state index contributed by atoms with van der Waals surface area (Å²) >= 11 is 0. The van der Waals surface area contributed by atoms with Crippen molar-refractivity contribution in [2.75, 3.05) is 0 Å². The van der Waals surface area contributed by atoms with Gasteiger partial charge >= 0.3 is 0 Å². The van der Waals surface area contributed by atoms with Gasteiger partial charge in [0.2, 0.25) is 0 Å². The van der Waals surface area contributed by atoms with Crippen molar-refractivity contribution < 1.29 is 20.4 Å². The summed E-state index contributed by atoms with van der Waals surface area (Å²) in [6.45, 7) is 3.98. The van der Waals surface area contributed by atoms with Gasteiger partial charge in [0.05, 0.1) is 12.0 Å². The minimum atomic E-state index is -1.28. The quantitative estimate of drug-likeness (QED) is 0.678. The number of carboxylic acids is 1. The number of hydrogen-bond acceptors (Lipinski definition) is 3. The highest BCUT2D eigenvalue weighted by Crippen LogP contribution is 2.05. The van der Waals surface area contributed by atoms with Crippen molar-refractivity contribution in [1.29, 1.82) is 0 Å². The Labute approximate surface area is 119 Å². The predicted octanol–water partition coefficient (Wildman–Crippen LogP) is -0.880. The van der Waals surface area contributed by atoms with Crippen LogP contribution >= 0.6 is 0 Å². The fraction of sp³-hybridized carbons (Fsp3) is 0.467. The third-order valence-electron chi connectivity index (χ3n) is 3.01. The van der Waals surface area contributed by atoms with E-state index >= 15 is 0 Å². The van der Waals surface area contributed by atoms with E-state index in [2.05, 4.69) is 11.1 Å². The number of rotatable bonds is 7. The maximum atomic E-state index is 11.9. The van der Waals surface area contributed by atoms with Crippen LogP contribution in [0.5, 0.6) is 0 Å². The van der Waals surface area contributed by atoms with Crippen molar-refractivity contribution in [2.45, 2.75) is 38.8 Å². The van der Waals surface area contributed by atoms with Gasteiger partial charge in [-0.2, -0.15) is 0 Å². The molecule has 2 atom stereocenters. The summed E-state index contributed by atoms with van der Waals surface area (Å²) in [5.74, 6) is -1.29. The second-order valence-corrected chi connectivity index (χ2v) is 5.40. The first-order chi connectivity index (χ1) is 9.40. The second-order valence-electron chi connectivity index (χ2n) is 5.40. The molecule has 1 rings (SSSR count). The Kier molecular flexibility index (Phi) is 6.18. The average molecular weight is 278 g/mol. The Hall–Kier alpha value is -1.88. The smallest absolute Gasteiger partial charge is 0.278 e. The third kappa shape index (κ3) is 5.40. The molecule has 0 fully saturated rings. The van der Waals surface area contributed by atoms with E-state index in [0.29, 0.717) is 12.3 Å². The maximum Gasteiger partial charge on any atom is 0.278 e. The summed E-state index contributed by atoms with van der Waals surface area (Å²) in [6, 6.07) is 7.66. The minimum absolute atomic E-state index is 0.212. The largest absolute Gasteiger partial charge is 0.548 e. The lowest BCUT2D eigenvalue weighted by Crippen LogP contribution is -2.69. The van der Waals surface area contributed by atoms with Gasteiger partial charge in [0.15, 0.2) is 6.04 Å². The molecule has 1 aromatic rings. The number of nitrogens with one attached hydrogen (secondary N) is 1. The van der Waals surface area contributed by atoms with Crippen molar-refractivity contribution in [3.8, 4) is 0 Å². The molecule has 0 saturated heterocycles. The van der Waals surface area contributed by atoms with E-state index in [-0.39, 0.29) is 12.3 Å². The molecule has 0 bridgehead atoms. The zero-order valence-electron chi connectivity index (χ0n) is 12.0. The number of amides is 1. The van der Waals surface area contributed by atoms with Gasteiger partial charge in [-0.15, -0.1) is 0 Å². The van der Waals surface area contributed by atoms with E-state index < -0.39 is 18.1 Å². The van der Waals surface area contributed by atoms with Crippen molar-refractivity contribution >= 4 is 11.9 Å². The molecule has 5 heteroatoms. The van der Waals surface area contributed by atoms with Crippen LogP contribution in [0.3, 0.4) is 0 Å². The van der Waals surface area contributed by atoms with Crippen LogP contribution in [-0.2, 0) is 16.0 Å². The fourth-order valence-electron chi connectivity index (χ4n) is 2.01. The molecule has 0 aromatic heterocycles. The van der Waals surface area contributed by atoms with Crippen LogP contribution in [0.15, 0.2) is 30.3 Å². The molecule has 110 valence electrons. The van der Waals surface area contributed by atoms with E-state index in [0.717, 1.165) is 5.56 Å². The number of hydrogen-bond donors (Lipinski definition) is 2. The minimum Gasteiger partial charge on any atom is -0.548 e. The van der Waals surface area contributed by atoms with Crippen LogP contribution < -0.4 is 16.2 Å². The molecule has 1 amide bonds. The molecule has 0 aliphatic rings. The highest BCUT2D eigenvalue weighted by molar-refractivity contribution is 5.85. The summed E-state index contributed by atoms with van der Waals surface area (Å²) in [4.78, 5) is 23.1. The highest BCUT2D eigenvalue weighted by Gasteiger charge is 2.22. The number of carbonyl (C=O) groups is 2. The van der Waals surface area contributed by atoms with E-state index in [4.69, 9.17) is 0 Å². The normalized spacial score (nSPS) is 13.8. The Morgan fingerprint density at radius 2 is 1.85 bits per heavy atom. The summed E-state index contributed by atoms with van der Waals surface area (Å²) < 4.78 is 0. The average Bonchev–Trinajstić information content (AvgIpc) is 2.38. The molecule has 0 saturated carbocycles.